The van der Waals surface area contributed by atoms with Gasteiger partial charge < -0.3 is 4.52 Å². The second-order valence-corrected chi connectivity index (χ2v) is 7.24. The summed E-state index contributed by atoms with van der Waals surface area (Å²) in [5.41, 5.74) is 2.18. The number of allylic oxidation sites excluding steroid dienone is 4. The van der Waals surface area contributed by atoms with E-state index < -0.39 is 11.7 Å². The molecule has 1 aliphatic heterocycles. The van der Waals surface area contributed by atoms with Gasteiger partial charge in [0, 0.05) is 12.5 Å². The number of halogens is 3. The van der Waals surface area contributed by atoms with Gasteiger partial charge in [-0.1, -0.05) is 43.3 Å². The highest BCUT2D eigenvalue weighted by atomic mass is 19.4. The van der Waals surface area contributed by atoms with E-state index in [1.54, 1.807) is 18.2 Å². The lowest BCUT2D eigenvalue weighted by molar-refractivity contribution is -0.137. The van der Waals surface area contributed by atoms with Crippen LogP contribution in [0.4, 0.5) is 13.2 Å². The summed E-state index contributed by atoms with van der Waals surface area (Å²) < 4.78 is 45.3. The van der Waals surface area contributed by atoms with E-state index in [0.717, 1.165) is 18.2 Å². The van der Waals surface area contributed by atoms with Gasteiger partial charge in [0.25, 0.3) is 0 Å². The molecular formula is C21H18F3N3O. The predicted octanol–water partition coefficient (Wildman–Crippen LogP) is 5.46. The van der Waals surface area contributed by atoms with Gasteiger partial charge in [-0.05, 0) is 35.6 Å². The molecule has 0 spiro atoms. The number of nitrogens with zero attached hydrogens (tertiary/aromatic N) is 3. The molecule has 2 aliphatic rings. The van der Waals surface area contributed by atoms with Gasteiger partial charge in [0.05, 0.1) is 22.7 Å². The molecule has 1 aliphatic carbocycles. The van der Waals surface area contributed by atoms with Crippen LogP contribution in [-0.4, -0.2) is 16.7 Å². The Morgan fingerprint density at radius 3 is 2.64 bits per heavy atom. The van der Waals surface area contributed by atoms with Gasteiger partial charge in [-0.15, -0.1) is 0 Å². The van der Waals surface area contributed by atoms with Crippen molar-refractivity contribution in [3.05, 3.63) is 70.8 Å². The largest absolute Gasteiger partial charge is 0.416 e. The summed E-state index contributed by atoms with van der Waals surface area (Å²) in [5.74, 6) is 1.32. The van der Waals surface area contributed by atoms with Crippen LogP contribution in [-0.2, 0) is 12.6 Å². The monoisotopic (exact) mass is 385 g/mol. The maximum atomic E-state index is 13.3. The first-order valence-corrected chi connectivity index (χ1v) is 9.01. The summed E-state index contributed by atoms with van der Waals surface area (Å²) in [6, 6.07) is 7.39. The average molecular weight is 385 g/mol. The molecule has 0 unspecified atom stereocenters. The first-order valence-electron chi connectivity index (χ1n) is 9.01. The summed E-state index contributed by atoms with van der Waals surface area (Å²) in [4.78, 5) is 8.93. The van der Waals surface area contributed by atoms with E-state index in [1.807, 2.05) is 6.07 Å². The molecule has 0 fully saturated rings. The van der Waals surface area contributed by atoms with Gasteiger partial charge in [-0.2, -0.15) is 13.2 Å². The van der Waals surface area contributed by atoms with Crippen LogP contribution in [0.5, 0.6) is 0 Å². The number of rotatable bonds is 4. The number of alkyl halides is 3. The van der Waals surface area contributed by atoms with Crippen molar-refractivity contribution in [2.75, 3.05) is 0 Å². The number of fused-ring (bicyclic) bond motifs is 1. The molecule has 0 atom stereocenters. The Bertz CT molecular complexity index is 1040. The van der Waals surface area contributed by atoms with Gasteiger partial charge >= 0.3 is 6.18 Å². The molecule has 0 N–H and O–H groups in total. The number of hydrogen-bond donors (Lipinski definition) is 0. The number of hydrogen-bond acceptors (Lipinski definition) is 4. The molecular weight excluding hydrogens is 367 g/mol. The highest BCUT2D eigenvalue weighted by Gasteiger charge is 2.34. The minimum Gasteiger partial charge on any atom is -0.353 e. The van der Waals surface area contributed by atoms with Crippen LogP contribution < -0.4 is 0 Å². The predicted molar refractivity (Wildman–Crippen MR) is 101 cm³/mol. The van der Waals surface area contributed by atoms with E-state index in [0.29, 0.717) is 34.5 Å². The van der Waals surface area contributed by atoms with Crippen molar-refractivity contribution in [2.45, 2.75) is 32.9 Å². The fraction of sp³-hybridized carbons (Fsp3) is 0.286. The molecule has 1 aromatic heterocycles. The topological polar surface area (TPSA) is 50.8 Å². The highest BCUT2D eigenvalue weighted by molar-refractivity contribution is 6.20. The minimum atomic E-state index is -4.41. The molecule has 0 bridgehead atoms. The standard InChI is InChI=1S/C21H18F3N3O/c1-12(2)9-14-11-19(28-27-14)20-25-17-8-7-13(10-18(17)26-20)15-5-3-4-6-16(15)21(22,23)24/h3-8,11-12H,9-10H2,1-2H3. The molecule has 4 nitrogen and oxygen atoms in total. The Labute approximate surface area is 160 Å². The third kappa shape index (κ3) is 3.56. The van der Waals surface area contributed by atoms with Gasteiger partial charge in [0.2, 0.25) is 5.76 Å². The van der Waals surface area contributed by atoms with Gasteiger partial charge in [-0.3, -0.25) is 0 Å². The van der Waals surface area contributed by atoms with E-state index in [9.17, 15) is 13.2 Å². The van der Waals surface area contributed by atoms with Gasteiger partial charge in [0.15, 0.2) is 5.84 Å². The van der Waals surface area contributed by atoms with Crippen LogP contribution in [0, 0.1) is 5.92 Å². The van der Waals surface area contributed by atoms with Crippen LogP contribution in [0.1, 0.15) is 42.8 Å². The molecule has 4 rings (SSSR count). The molecule has 144 valence electrons. The molecule has 28 heavy (non-hydrogen) atoms. The van der Waals surface area contributed by atoms with Crippen LogP contribution in [0.15, 0.2) is 62.7 Å². The van der Waals surface area contributed by atoms with E-state index in [2.05, 4.69) is 29.0 Å². The lowest BCUT2D eigenvalue weighted by Crippen LogP contribution is -2.11. The third-order valence-electron chi connectivity index (χ3n) is 4.54. The highest BCUT2D eigenvalue weighted by Crippen LogP contribution is 2.38. The Morgan fingerprint density at radius 2 is 1.89 bits per heavy atom. The quantitative estimate of drug-likeness (QED) is 0.701. The maximum Gasteiger partial charge on any atom is 0.416 e. The van der Waals surface area contributed by atoms with E-state index in [4.69, 9.17) is 4.52 Å². The number of benzene rings is 1. The van der Waals surface area contributed by atoms with Crippen molar-refractivity contribution in [3.63, 3.8) is 0 Å². The Kier molecular flexibility index (Phi) is 4.53. The lowest BCUT2D eigenvalue weighted by Gasteiger charge is -2.17. The summed E-state index contributed by atoms with van der Waals surface area (Å²) >= 11 is 0. The SMILES string of the molecule is CC(C)Cc1cc(C2=NC3=CC=C(c4ccccc4C(F)(F)F)CC3=N2)on1. The van der Waals surface area contributed by atoms with Crippen LogP contribution in [0.3, 0.4) is 0 Å². The Morgan fingerprint density at radius 1 is 1.11 bits per heavy atom. The van der Waals surface area contributed by atoms with Crippen molar-refractivity contribution in [2.24, 2.45) is 15.9 Å². The number of aliphatic imine (C=N–C) groups is 2. The molecule has 7 heteroatoms. The molecule has 1 aromatic carbocycles. The lowest BCUT2D eigenvalue weighted by atomic mass is 9.91. The molecule has 0 saturated heterocycles. The summed E-state index contributed by atoms with van der Waals surface area (Å²) in [5, 5.41) is 4.04. The Balaban J connectivity index is 1.60. The smallest absolute Gasteiger partial charge is 0.353 e. The minimum absolute atomic E-state index is 0.167. The zero-order valence-electron chi connectivity index (χ0n) is 15.4. The molecule has 0 radical (unpaired) electrons. The van der Waals surface area contributed by atoms with Crippen molar-refractivity contribution >= 4 is 17.1 Å². The van der Waals surface area contributed by atoms with E-state index in [1.165, 1.54) is 12.1 Å². The first-order chi connectivity index (χ1) is 13.3. The molecule has 2 heterocycles. The number of aromatic nitrogens is 1. The van der Waals surface area contributed by atoms with Crippen molar-refractivity contribution in [1.82, 2.24) is 5.16 Å². The normalized spacial score (nSPS) is 16.5. The van der Waals surface area contributed by atoms with Crippen LogP contribution >= 0.6 is 0 Å². The molecule has 2 aromatic rings. The first kappa shape index (κ1) is 18.4. The fourth-order valence-corrected chi connectivity index (χ4v) is 3.31. The van der Waals surface area contributed by atoms with Crippen LogP contribution in [0.2, 0.25) is 0 Å². The molecule has 0 saturated carbocycles. The van der Waals surface area contributed by atoms with E-state index >= 15 is 0 Å². The summed E-state index contributed by atoms with van der Waals surface area (Å²) in [6.45, 7) is 4.18. The van der Waals surface area contributed by atoms with Gasteiger partial charge in [-0.25, -0.2) is 9.98 Å². The number of amidine groups is 1. The third-order valence-corrected chi connectivity index (χ3v) is 4.54. The van der Waals surface area contributed by atoms with Gasteiger partial charge in [0.1, 0.15) is 0 Å². The second-order valence-electron chi connectivity index (χ2n) is 7.24. The summed E-state index contributed by atoms with van der Waals surface area (Å²) in [7, 11) is 0. The van der Waals surface area contributed by atoms with Crippen molar-refractivity contribution < 1.29 is 17.7 Å². The summed E-state index contributed by atoms with van der Waals surface area (Å²) in [6.07, 6.45) is 0.0290. The fourth-order valence-electron chi connectivity index (χ4n) is 3.31. The van der Waals surface area contributed by atoms with Crippen molar-refractivity contribution in [1.29, 1.82) is 0 Å². The second kappa shape index (κ2) is 6.89. The van der Waals surface area contributed by atoms with E-state index in [-0.39, 0.29) is 12.0 Å². The zero-order chi connectivity index (χ0) is 19.9. The Hall–Kier alpha value is -2.96. The van der Waals surface area contributed by atoms with Crippen molar-refractivity contribution in [3.8, 4) is 0 Å². The zero-order valence-corrected chi connectivity index (χ0v) is 15.4. The van der Waals surface area contributed by atoms with Crippen LogP contribution in [0.25, 0.3) is 5.57 Å². The average Bonchev–Trinajstić information content (AvgIpc) is 3.26. The maximum absolute atomic E-state index is 13.3. The molecule has 0 amide bonds.